The molecule has 1 aliphatic rings. The molecule has 0 bridgehead atoms. The number of hydrogen-bond donors (Lipinski definition) is 0. The Morgan fingerprint density at radius 2 is 1.69 bits per heavy atom. The zero-order valence-electron chi connectivity index (χ0n) is 15.4. The van der Waals surface area contributed by atoms with Crippen molar-refractivity contribution in [2.75, 3.05) is 32.1 Å². The highest BCUT2D eigenvalue weighted by atomic mass is 16.2. The van der Waals surface area contributed by atoms with E-state index in [0.717, 1.165) is 43.6 Å². The molecule has 1 saturated heterocycles. The molecule has 0 N–H and O–H groups in total. The van der Waals surface area contributed by atoms with E-state index >= 15 is 0 Å². The van der Waals surface area contributed by atoms with E-state index < -0.39 is 0 Å². The molecule has 0 spiro atoms. The fourth-order valence-electron chi connectivity index (χ4n) is 3.15. The molecule has 1 aromatic heterocycles. The number of carbonyl (C=O) groups is 1. The summed E-state index contributed by atoms with van der Waals surface area (Å²) >= 11 is 0. The summed E-state index contributed by atoms with van der Waals surface area (Å²) < 4.78 is 1.44. The van der Waals surface area contributed by atoms with Gasteiger partial charge in [0.15, 0.2) is 0 Å². The fourth-order valence-corrected chi connectivity index (χ4v) is 3.15. The van der Waals surface area contributed by atoms with Crippen molar-refractivity contribution >= 4 is 23.4 Å². The van der Waals surface area contributed by atoms with Gasteiger partial charge in [0.2, 0.25) is 0 Å². The molecular formula is C21H25N3O2. The summed E-state index contributed by atoms with van der Waals surface area (Å²) in [6.07, 6.45) is 6.64. The number of likely N-dealkylation sites (tertiary alicyclic amines) is 1. The molecule has 0 unspecified atom stereocenters. The maximum Gasteiger partial charge on any atom is 0.270 e. The van der Waals surface area contributed by atoms with Gasteiger partial charge in [-0.1, -0.05) is 18.2 Å². The fraction of sp³-hybridized carbons (Fsp3) is 0.333. The lowest BCUT2D eigenvalue weighted by Crippen LogP contribution is -2.38. The summed E-state index contributed by atoms with van der Waals surface area (Å²) in [7, 11) is 3.97. The topological polar surface area (TPSA) is 45.6 Å². The first-order chi connectivity index (χ1) is 12.6. The Labute approximate surface area is 154 Å². The van der Waals surface area contributed by atoms with Crippen molar-refractivity contribution in [3.63, 3.8) is 0 Å². The molecular weight excluding hydrogens is 326 g/mol. The number of benzene rings is 1. The second-order valence-electron chi connectivity index (χ2n) is 6.78. The van der Waals surface area contributed by atoms with E-state index in [9.17, 15) is 9.59 Å². The largest absolute Gasteiger partial charge is 0.378 e. The summed E-state index contributed by atoms with van der Waals surface area (Å²) in [5.41, 5.74) is 2.18. The van der Waals surface area contributed by atoms with Gasteiger partial charge in [-0.2, -0.15) is 0 Å². The molecule has 1 aliphatic heterocycles. The number of amides is 1. The van der Waals surface area contributed by atoms with Crippen molar-refractivity contribution < 1.29 is 4.79 Å². The van der Waals surface area contributed by atoms with E-state index in [0.29, 0.717) is 5.70 Å². The molecule has 2 heterocycles. The Bertz CT molecular complexity index is 844. The van der Waals surface area contributed by atoms with E-state index in [1.54, 1.807) is 24.4 Å². The van der Waals surface area contributed by atoms with Gasteiger partial charge in [0, 0.05) is 45.1 Å². The maximum absolute atomic E-state index is 13.1. The van der Waals surface area contributed by atoms with Crippen LogP contribution in [0.2, 0.25) is 0 Å². The van der Waals surface area contributed by atoms with Crippen molar-refractivity contribution in [2.24, 2.45) is 0 Å². The molecule has 1 fully saturated rings. The van der Waals surface area contributed by atoms with E-state index in [2.05, 4.69) is 0 Å². The van der Waals surface area contributed by atoms with Crippen LogP contribution in [-0.4, -0.2) is 42.6 Å². The Hall–Kier alpha value is -2.82. The molecule has 0 atom stereocenters. The predicted molar refractivity (Wildman–Crippen MR) is 106 cm³/mol. The number of aromatic nitrogens is 1. The number of carbonyl (C=O) groups excluding carboxylic acids is 1. The lowest BCUT2D eigenvalue weighted by molar-refractivity contribution is -0.126. The first-order valence-electron chi connectivity index (χ1n) is 9.03. The second kappa shape index (κ2) is 8.04. The molecule has 0 radical (unpaired) electrons. The molecule has 136 valence electrons. The summed E-state index contributed by atoms with van der Waals surface area (Å²) in [5.74, 6) is -0.0883. The van der Waals surface area contributed by atoms with E-state index in [-0.39, 0.29) is 11.5 Å². The molecule has 1 amide bonds. The van der Waals surface area contributed by atoms with Crippen LogP contribution < -0.4 is 10.5 Å². The zero-order valence-corrected chi connectivity index (χ0v) is 15.4. The number of nitrogens with zero attached hydrogens (tertiary/aromatic N) is 3. The summed E-state index contributed by atoms with van der Waals surface area (Å²) in [4.78, 5) is 29.3. The predicted octanol–water partition coefficient (Wildman–Crippen LogP) is 2.92. The van der Waals surface area contributed by atoms with E-state index in [4.69, 9.17) is 0 Å². The van der Waals surface area contributed by atoms with Gasteiger partial charge >= 0.3 is 0 Å². The molecule has 5 heteroatoms. The molecule has 0 aliphatic carbocycles. The standard InChI is InChI=1S/C21H25N3O2/c1-22(2)18-11-9-17(10-12-18)16-19(24-15-7-4-8-20(24)25)21(26)23-13-5-3-6-14-23/h4,7-12,15-16H,3,5-6,13-14H2,1-2H3/b19-16+. The summed E-state index contributed by atoms with van der Waals surface area (Å²) in [5, 5.41) is 0. The smallest absolute Gasteiger partial charge is 0.270 e. The van der Waals surface area contributed by atoms with Crippen LogP contribution in [0.15, 0.2) is 53.5 Å². The third-order valence-electron chi connectivity index (χ3n) is 4.66. The molecule has 2 aromatic rings. The minimum Gasteiger partial charge on any atom is -0.378 e. The average molecular weight is 351 g/mol. The quantitative estimate of drug-likeness (QED) is 0.796. The summed E-state index contributed by atoms with van der Waals surface area (Å²) in [6, 6.07) is 12.9. The van der Waals surface area contributed by atoms with Crippen LogP contribution in [0, 0.1) is 0 Å². The van der Waals surface area contributed by atoms with Crippen molar-refractivity contribution in [3.8, 4) is 0 Å². The van der Waals surface area contributed by atoms with Gasteiger partial charge in [0.05, 0.1) is 0 Å². The SMILES string of the molecule is CN(C)c1ccc(/C=C(\C(=O)N2CCCCC2)n2ccccc2=O)cc1. The number of pyridine rings is 1. The van der Waals surface area contributed by atoms with E-state index in [1.165, 1.54) is 10.6 Å². The van der Waals surface area contributed by atoms with E-state index in [1.807, 2.05) is 48.2 Å². The first-order valence-corrected chi connectivity index (χ1v) is 9.03. The van der Waals surface area contributed by atoms with Gasteiger partial charge in [0.1, 0.15) is 5.70 Å². The van der Waals surface area contributed by atoms with Crippen LogP contribution in [0.3, 0.4) is 0 Å². The Morgan fingerprint density at radius 1 is 1.00 bits per heavy atom. The normalized spacial score (nSPS) is 15.0. The zero-order chi connectivity index (χ0) is 18.5. The third kappa shape index (κ3) is 4.04. The van der Waals surface area contributed by atoms with Crippen LogP contribution in [0.25, 0.3) is 11.8 Å². The van der Waals surface area contributed by atoms with Crippen LogP contribution in [0.5, 0.6) is 0 Å². The molecule has 26 heavy (non-hydrogen) atoms. The van der Waals surface area contributed by atoms with Gasteiger partial charge in [-0.25, -0.2) is 0 Å². The summed E-state index contributed by atoms with van der Waals surface area (Å²) in [6.45, 7) is 1.49. The van der Waals surface area contributed by atoms with Gasteiger partial charge < -0.3 is 9.80 Å². The number of hydrogen-bond acceptors (Lipinski definition) is 3. The first kappa shape index (κ1) is 18.0. The molecule has 1 aromatic carbocycles. The minimum atomic E-state index is -0.200. The average Bonchev–Trinajstić information content (AvgIpc) is 2.67. The monoisotopic (exact) mass is 351 g/mol. The van der Waals surface area contributed by atoms with Gasteiger partial charge in [-0.15, -0.1) is 0 Å². The van der Waals surface area contributed by atoms with Crippen molar-refractivity contribution in [2.45, 2.75) is 19.3 Å². The maximum atomic E-state index is 13.1. The lowest BCUT2D eigenvalue weighted by Gasteiger charge is -2.28. The molecule has 0 saturated carbocycles. The third-order valence-corrected chi connectivity index (χ3v) is 4.66. The van der Waals surface area contributed by atoms with Crippen LogP contribution in [-0.2, 0) is 4.79 Å². The van der Waals surface area contributed by atoms with Gasteiger partial charge in [-0.05, 0) is 49.1 Å². The number of rotatable bonds is 4. The van der Waals surface area contributed by atoms with Gasteiger partial charge in [-0.3, -0.25) is 14.2 Å². The van der Waals surface area contributed by atoms with Crippen molar-refractivity contribution in [1.29, 1.82) is 0 Å². The lowest BCUT2D eigenvalue weighted by atomic mass is 10.1. The minimum absolute atomic E-state index is 0.0883. The highest BCUT2D eigenvalue weighted by Gasteiger charge is 2.22. The Kier molecular flexibility index (Phi) is 5.56. The van der Waals surface area contributed by atoms with Crippen molar-refractivity contribution in [3.05, 3.63) is 64.6 Å². The van der Waals surface area contributed by atoms with Crippen molar-refractivity contribution in [1.82, 2.24) is 9.47 Å². The highest BCUT2D eigenvalue weighted by Crippen LogP contribution is 2.19. The molecule has 5 nitrogen and oxygen atoms in total. The number of piperidine rings is 1. The Morgan fingerprint density at radius 3 is 2.31 bits per heavy atom. The Balaban J connectivity index is 2.01. The van der Waals surface area contributed by atoms with Crippen LogP contribution in [0.1, 0.15) is 24.8 Å². The van der Waals surface area contributed by atoms with Gasteiger partial charge in [0.25, 0.3) is 11.5 Å². The highest BCUT2D eigenvalue weighted by molar-refractivity contribution is 6.18. The number of anilines is 1. The second-order valence-corrected chi connectivity index (χ2v) is 6.78. The molecule has 3 rings (SSSR count). The van der Waals surface area contributed by atoms with Crippen LogP contribution in [0.4, 0.5) is 5.69 Å². The van der Waals surface area contributed by atoms with Crippen LogP contribution >= 0.6 is 0 Å².